The number of carbonyl (C=O) groups is 2. The number of nitrogens with one attached hydrogen (secondary N) is 1. The third-order valence-corrected chi connectivity index (χ3v) is 5.89. The lowest BCUT2D eigenvalue weighted by Crippen LogP contribution is -2.22. The fourth-order valence-corrected chi connectivity index (χ4v) is 4.30. The minimum atomic E-state index is -0.434. The predicted octanol–water partition coefficient (Wildman–Crippen LogP) is 4.28. The number of benzene rings is 1. The van der Waals surface area contributed by atoms with Crippen LogP contribution in [0.5, 0.6) is 0 Å². The van der Waals surface area contributed by atoms with E-state index in [2.05, 4.69) is 15.2 Å². The minimum absolute atomic E-state index is 0.137. The van der Waals surface area contributed by atoms with Crippen LogP contribution in [0.4, 0.5) is 11.4 Å². The molecule has 3 heterocycles. The molecule has 3 aromatic rings. The summed E-state index contributed by atoms with van der Waals surface area (Å²) in [6, 6.07) is 9.03. The molecule has 0 bridgehead atoms. The van der Waals surface area contributed by atoms with E-state index in [0.717, 1.165) is 42.4 Å². The van der Waals surface area contributed by atoms with Gasteiger partial charge in [-0.15, -0.1) is 11.3 Å². The van der Waals surface area contributed by atoms with E-state index in [1.54, 1.807) is 12.1 Å². The van der Waals surface area contributed by atoms with Crippen LogP contribution in [0.2, 0.25) is 0 Å². The van der Waals surface area contributed by atoms with Gasteiger partial charge in [-0.25, -0.2) is 9.78 Å². The van der Waals surface area contributed by atoms with Crippen LogP contribution in [-0.4, -0.2) is 37.1 Å². The number of carbonyl (C=O) groups excluding carboxylic acids is 2. The van der Waals surface area contributed by atoms with Crippen molar-refractivity contribution in [2.45, 2.75) is 26.2 Å². The number of anilines is 2. The molecular formula is C22H23N3O4S. The number of nitrogens with zero attached hydrogens (tertiary/aromatic N) is 2. The number of rotatable bonds is 6. The summed E-state index contributed by atoms with van der Waals surface area (Å²) >= 11 is 1.44. The number of esters is 1. The number of ether oxygens (including phenoxy) is 1. The van der Waals surface area contributed by atoms with Crippen molar-refractivity contribution in [2.24, 2.45) is 0 Å². The Hall–Kier alpha value is -3.13. The second kappa shape index (κ2) is 8.71. The van der Waals surface area contributed by atoms with Crippen LogP contribution < -0.4 is 10.2 Å². The molecule has 1 aliphatic rings. The first kappa shape index (κ1) is 20.2. The lowest BCUT2D eigenvalue weighted by atomic mass is 10.1. The third-order valence-electron chi connectivity index (χ3n) is 4.98. The van der Waals surface area contributed by atoms with Crippen LogP contribution in [-0.2, 0) is 16.0 Å². The van der Waals surface area contributed by atoms with Crippen molar-refractivity contribution < 1.29 is 18.7 Å². The van der Waals surface area contributed by atoms with Crippen molar-refractivity contribution in [3.05, 3.63) is 52.7 Å². The molecule has 7 nitrogen and oxygen atoms in total. The van der Waals surface area contributed by atoms with Crippen LogP contribution in [0.3, 0.4) is 0 Å². The van der Waals surface area contributed by atoms with Gasteiger partial charge < -0.3 is 19.4 Å². The number of thiazole rings is 1. The molecule has 0 spiro atoms. The lowest BCUT2D eigenvalue weighted by Gasteiger charge is -2.22. The van der Waals surface area contributed by atoms with E-state index in [-0.39, 0.29) is 12.3 Å². The van der Waals surface area contributed by atoms with E-state index in [9.17, 15) is 9.59 Å². The van der Waals surface area contributed by atoms with Gasteiger partial charge in [-0.05, 0) is 50.1 Å². The standard InChI is InChI=1S/C22H23N3O4S/c1-14-5-8-19(29-14)21-23-16(13-30-21)12-20(26)24-17-11-15(22(27)28-2)6-7-18(17)25-9-3-4-10-25/h5-8,11,13H,3-4,9-10,12H2,1-2H3,(H,24,26). The molecule has 1 aromatic carbocycles. The van der Waals surface area contributed by atoms with E-state index >= 15 is 0 Å². The minimum Gasteiger partial charge on any atom is -0.465 e. The number of furan rings is 1. The second-order valence-corrected chi connectivity index (χ2v) is 8.06. The lowest BCUT2D eigenvalue weighted by molar-refractivity contribution is -0.115. The molecule has 0 aliphatic carbocycles. The maximum Gasteiger partial charge on any atom is 0.337 e. The number of amides is 1. The van der Waals surface area contributed by atoms with Gasteiger partial charge >= 0.3 is 5.97 Å². The molecule has 0 unspecified atom stereocenters. The highest BCUT2D eigenvalue weighted by atomic mass is 32.1. The smallest absolute Gasteiger partial charge is 0.337 e. The fraction of sp³-hybridized carbons (Fsp3) is 0.318. The number of methoxy groups -OCH3 is 1. The van der Waals surface area contributed by atoms with Crippen LogP contribution in [0.1, 0.15) is 34.7 Å². The van der Waals surface area contributed by atoms with E-state index in [1.807, 2.05) is 30.5 Å². The van der Waals surface area contributed by atoms with Crippen molar-refractivity contribution in [1.29, 1.82) is 0 Å². The molecule has 1 amide bonds. The maximum absolute atomic E-state index is 12.7. The Morgan fingerprint density at radius 1 is 1.23 bits per heavy atom. The first-order valence-electron chi connectivity index (χ1n) is 9.82. The number of aromatic nitrogens is 1. The van der Waals surface area contributed by atoms with Gasteiger partial charge in [0.15, 0.2) is 10.8 Å². The van der Waals surface area contributed by atoms with Crippen LogP contribution in [0.25, 0.3) is 10.8 Å². The van der Waals surface area contributed by atoms with Crippen LogP contribution in [0.15, 0.2) is 40.1 Å². The second-order valence-electron chi connectivity index (χ2n) is 7.20. The summed E-state index contributed by atoms with van der Waals surface area (Å²) in [5.41, 5.74) is 2.61. The van der Waals surface area contributed by atoms with Gasteiger partial charge in [0.2, 0.25) is 5.91 Å². The Morgan fingerprint density at radius 3 is 2.73 bits per heavy atom. The molecule has 4 rings (SSSR count). The molecule has 0 radical (unpaired) electrons. The van der Waals surface area contributed by atoms with Gasteiger partial charge in [-0.3, -0.25) is 4.79 Å². The van der Waals surface area contributed by atoms with Gasteiger partial charge in [-0.2, -0.15) is 0 Å². The number of hydrogen-bond acceptors (Lipinski definition) is 7. The van der Waals surface area contributed by atoms with Gasteiger partial charge in [-0.1, -0.05) is 0 Å². The summed E-state index contributed by atoms with van der Waals surface area (Å²) in [6.45, 7) is 3.74. The van der Waals surface area contributed by atoms with Gasteiger partial charge in [0.25, 0.3) is 0 Å². The zero-order valence-corrected chi connectivity index (χ0v) is 17.8. The van der Waals surface area contributed by atoms with Crippen molar-refractivity contribution in [3.8, 4) is 10.8 Å². The van der Waals surface area contributed by atoms with Gasteiger partial charge in [0, 0.05) is 18.5 Å². The van der Waals surface area contributed by atoms with E-state index in [4.69, 9.17) is 9.15 Å². The Bertz CT molecular complexity index is 1070. The summed E-state index contributed by atoms with van der Waals surface area (Å²) < 4.78 is 10.4. The average molecular weight is 426 g/mol. The zero-order valence-electron chi connectivity index (χ0n) is 16.9. The fourth-order valence-electron chi connectivity index (χ4n) is 3.52. The van der Waals surface area contributed by atoms with E-state index in [1.165, 1.54) is 18.4 Å². The quantitative estimate of drug-likeness (QED) is 0.594. The molecule has 1 N–H and O–H groups in total. The average Bonchev–Trinajstić information content (AvgIpc) is 3.49. The first-order chi connectivity index (χ1) is 14.5. The molecule has 1 fully saturated rings. The van der Waals surface area contributed by atoms with Crippen LogP contribution >= 0.6 is 11.3 Å². The summed E-state index contributed by atoms with van der Waals surface area (Å²) in [4.78, 5) is 31.4. The Balaban J connectivity index is 1.51. The zero-order chi connectivity index (χ0) is 21.1. The van der Waals surface area contributed by atoms with Crippen molar-refractivity contribution in [2.75, 3.05) is 30.4 Å². The normalized spacial score (nSPS) is 13.5. The number of aryl methyl sites for hydroxylation is 1. The molecule has 0 saturated carbocycles. The summed E-state index contributed by atoms with van der Waals surface area (Å²) in [5, 5.41) is 5.57. The molecular weight excluding hydrogens is 402 g/mol. The highest BCUT2D eigenvalue weighted by molar-refractivity contribution is 7.13. The van der Waals surface area contributed by atoms with Crippen molar-refractivity contribution >= 4 is 34.6 Å². The molecule has 0 atom stereocenters. The molecule has 2 aromatic heterocycles. The monoisotopic (exact) mass is 425 g/mol. The summed E-state index contributed by atoms with van der Waals surface area (Å²) in [5.74, 6) is 0.895. The number of hydrogen-bond donors (Lipinski definition) is 1. The Morgan fingerprint density at radius 2 is 2.03 bits per heavy atom. The Kier molecular flexibility index (Phi) is 5.85. The van der Waals surface area contributed by atoms with Gasteiger partial charge in [0.05, 0.1) is 36.2 Å². The van der Waals surface area contributed by atoms with Crippen LogP contribution in [0, 0.1) is 6.92 Å². The Labute approximate surface area is 178 Å². The van der Waals surface area contributed by atoms with Crippen molar-refractivity contribution in [3.63, 3.8) is 0 Å². The summed E-state index contributed by atoms with van der Waals surface area (Å²) in [7, 11) is 1.34. The molecule has 1 aliphatic heterocycles. The van der Waals surface area contributed by atoms with E-state index < -0.39 is 5.97 Å². The topological polar surface area (TPSA) is 84.7 Å². The van der Waals surface area contributed by atoms with Crippen molar-refractivity contribution in [1.82, 2.24) is 4.98 Å². The SMILES string of the molecule is COC(=O)c1ccc(N2CCCC2)c(NC(=O)Cc2csc(-c3ccc(C)o3)n2)c1. The first-order valence-corrected chi connectivity index (χ1v) is 10.7. The largest absolute Gasteiger partial charge is 0.465 e. The van der Waals surface area contributed by atoms with E-state index in [0.29, 0.717) is 22.7 Å². The highest BCUT2D eigenvalue weighted by Gasteiger charge is 2.20. The molecule has 8 heteroatoms. The van der Waals surface area contributed by atoms with Gasteiger partial charge in [0.1, 0.15) is 5.76 Å². The molecule has 156 valence electrons. The maximum atomic E-state index is 12.7. The molecule has 1 saturated heterocycles. The predicted molar refractivity (Wildman–Crippen MR) is 116 cm³/mol. The summed E-state index contributed by atoms with van der Waals surface area (Å²) in [6.07, 6.45) is 2.36. The third kappa shape index (κ3) is 4.38. The highest BCUT2D eigenvalue weighted by Crippen LogP contribution is 2.31. The molecule has 30 heavy (non-hydrogen) atoms.